The number of hydrogen-bond donors (Lipinski definition) is 1. The maximum absolute atomic E-state index is 12.4. The quantitative estimate of drug-likeness (QED) is 0.775. The summed E-state index contributed by atoms with van der Waals surface area (Å²) in [6.45, 7) is 2.74. The second kappa shape index (κ2) is 8.54. The highest BCUT2D eigenvalue weighted by Gasteiger charge is 2.36. The Bertz CT molecular complexity index is 559. The molecule has 2 unspecified atom stereocenters. The molecule has 24 heavy (non-hydrogen) atoms. The number of likely N-dealkylation sites (tertiary alicyclic amines) is 1. The molecule has 7 heteroatoms. The number of carbonyl (C=O) groups is 2. The highest BCUT2D eigenvalue weighted by atomic mass is 16.5. The summed E-state index contributed by atoms with van der Waals surface area (Å²) in [7, 11) is 1.56. The van der Waals surface area contributed by atoms with Crippen molar-refractivity contribution < 1.29 is 28.9 Å². The van der Waals surface area contributed by atoms with Gasteiger partial charge in [-0.05, 0) is 37.6 Å². The smallest absolute Gasteiger partial charge is 0.305 e. The number of hydrogen-bond acceptors (Lipinski definition) is 5. The van der Waals surface area contributed by atoms with E-state index in [-0.39, 0.29) is 31.1 Å². The monoisotopic (exact) mass is 337 g/mol. The topological polar surface area (TPSA) is 85.3 Å². The molecule has 132 valence electrons. The van der Waals surface area contributed by atoms with Gasteiger partial charge >= 0.3 is 5.97 Å². The van der Waals surface area contributed by atoms with Crippen LogP contribution in [-0.2, 0) is 14.3 Å². The van der Waals surface area contributed by atoms with E-state index in [2.05, 4.69) is 0 Å². The second-order valence-corrected chi connectivity index (χ2v) is 5.58. The van der Waals surface area contributed by atoms with Gasteiger partial charge in [0, 0.05) is 19.7 Å². The summed E-state index contributed by atoms with van der Waals surface area (Å²) < 4.78 is 16.1. The Morgan fingerprint density at radius 3 is 2.38 bits per heavy atom. The average molecular weight is 337 g/mol. The molecule has 0 radical (unpaired) electrons. The van der Waals surface area contributed by atoms with E-state index in [0.717, 1.165) is 5.75 Å². The number of aliphatic carboxylic acids is 1. The van der Waals surface area contributed by atoms with E-state index in [1.54, 1.807) is 31.4 Å². The van der Waals surface area contributed by atoms with Crippen molar-refractivity contribution in [2.45, 2.75) is 31.9 Å². The van der Waals surface area contributed by atoms with Gasteiger partial charge in [0.15, 0.2) is 6.61 Å². The number of ether oxygens (including phenoxy) is 3. The zero-order valence-corrected chi connectivity index (χ0v) is 13.9. The van der Waals surface area contributed by atoms with Crippen LogP contribution in [0.15, 0.2) is 24.3 Å². The Hall–Kier alpha value is -2.28. The van der Waals surface area contributed by atoms with Crippen LogP contribution in [0.1, 0.15) is 19.8 Å². The third-order valence-corrected chi connectivity index (χ3v) is 3.94. The number of carboxylic acids is 1. The van der Waals surface area contributed by atoms with Crippen LogP contribution >= 0.6 is 0 Å². The van der Waals surface area contributed by atoms with Gasteiger partial charge < -0.3 is 24.2 Å². The average Bonchev–Trinajstić information content (AvgIpc) is 2.96. The van der Waals surface area contributed by atoms with Gasteiger partial charge in [0.25, 0.3) is 5.91 Å². The van der Waals surface area contributed by atoms with Gasteiger partial charge in [-0.1, -0.05) is 0 Å². The highest BCUT2D eigenvalue weighted by molar-refractivity contribution is 5.79. The van der Waals surface area contributed by atoms with Gasteiger partial charge in [-0.2, -0.15) is 0 Å². The van der Waals surface area contributed by atoms with E-state index in [4.69, 9.17) is 19.3 Å². The molecule has 1 aromatic carbocycles. The SMILES string of the molecule is CCOc1ccc(OCC(=O)N2CC(OC)CC2CC(=O)O)cc1. The fourth-order valence-electron chi connectivity index (χ4n) is 2.77. The summed E-state index contributed by atoms with van der Waals surface area (Å²) in [6, 6.07) is 6.65. The molecule has 1 N–H and O–H groups in total. The molecule has 0 aliphatic carbocycles. The van der Waals surface area contributed by atoms with Gasteiger partial charge in [0.1, 0.15) is 11.5 Å². The first kappa shape index (κ1) is 18.1. The van der Waals surface area contributed by atoms with Crippen molar-refractivity contribution in [1.29, 1.82) is 0 Å². The third-order valence-electron chi connectivity index (χ3n) is 3.94. The summed E-state index contributed by atoms with van der Waals surface area (Å²) in [5.41, 5.74) is 0. The number of carbonyl (C=O) groups excluding carboxylic acids is 1. The molecular formula is C17H23NO6. The molecule has 1 saturated heterocycles. The van der Waals surface area contributed by atoms with Crippen LogP contribution in [0.25, 0.3) is 0 Å². The van der Waals surface area contributed by atoms with Gasteiger partial charge in [0.2, 0.25) is 0 Å². The molecule has 0 aromatic heterocycles. The lowest BCUT2D eigenvalue weighted by Crippen LogP contribution is -2.40. The van der Waals surface area contributed by atoms with Crippen molar-refractivity contribution >= 4 is 11.9 Å². The number of rotatable bonds is 8. The molecule has 1 heterocycles. The molecule has 1 aliphatic rings. The first-order chi connectivity index (χ1) is 11.5. The number of nitrogens with zero attached hydrogens (tertiary/aromatic N) is 1. The van der Waals surface area contributed by atoms with Crippen molar-refractivity contribution in [1.82, 2.24) is 4.90 Å². The molecule has 0 saturated carbocycles. The van der Waals surface area contributed by atoms with E-state index in [0.29, 0.717) is 25.3 Å². The zero-order chi connectivity index (χ0) is 17.5. The minimum Gasteiger partial charge on any atom is -0.494 e. The lowest BCUT2D eigenvalue weighted by molar-refractivity contribution is -0.140. The molecule has 7 nitrogen and oxygen atoms in total. The van der Waals surface area contributed by atoms with Gasteiger partial charge in [-0.3, -0.25) is 9.59 Å². The zero-order valence-electron chi connectivity index (χ0n) is 13.9. The van der Waals surface area contributed by atoms with E-state index in [9.17, 15) is 9.59 Å². The predicted molar refractivity (Wildman–Crippen MR) is 86.3 cm³/mol. The summed E-state index contributed by atoms with van der Waals surface area (Å²) in [5.74, 6) is 0.126. The standard InChI is InChI=1S/C17H23NO6/c1-3-23-13-4-6-14(7-5-13)24-11-16(19)18-10-15(22-2)8-12(18)9-17(20)21/h4-7,12,15H,3,8-11H2,1-2H3,(H,20,21). The Morgan fingerprint density at radius 2 is 1.83 bits per heavy atom. The normalized spacial score (nSPS) is 20.0. The fourth-order valence-corrected chi connectivity index (χ4v) is 2.77. The summed E-state index contributed by atoms with van der Waals surface area (Å²) in [6.07, 6.45) is 0.301. The van der Waals surface area contributed by atoms with Crippen LogP contribution < -0.4 is 9.47 Å². The molecule has 1 fully saturated rings. The largest absolute Gasteiger partial charge is 0.494 e. The number of benzene rings is 1. The number of methoxy groups -OCH3 is 1. The van der Waals surface area contributed by atoms with Gasteiger partial charge in [-0.15, -0.1) is 0 Å². The summed E-state index contributed by atoms with van der Waals surface area (Å²) in [4.78, 5) is 24.9. The van der Waals surface area contributed by atoms with Crippen molar-refractivity contribution in [3.8, 4) is 11.5 Å². The Morgan fingerprint density at radius 1 is 1.21 bits per heavy atom. The molecule has 1 aromatic rings. The minimum atomic E-state index is -0.929. The van der Waals surface area contributed by atoms with Crippen molar-refractivity contribution in [3.05, 3.63) is 24.3 Å². The lowest BCUT2D eigenvalue weighted by Gasteiger charge is -2.23. The highest BCUT2D eigenvalue weighted by Crippen LogP contribution is 2.23. The number of carboxylic acid groups (broad SMARTS) is 1. The first-order valence-corrected chi connectivity index (χ1v) is 7.93. The van der Waals surface area contributed by atoms with Crippen LogP contribution in [0.4, 0.5) is 0 Å². The van der Waals surface area contributed by atoms with Crippen molar-refractivity contribution in [2.24, 2.45) is 0 Å². The van der Waals surface area contributed by atoms with Crippen LogP contribution in [-0.4, -0.2) is 60.9 Å². The second-order valence-electron chi connectivity index (χ2n) is 5.58. The molecule has 0 spiro atoms. The van der Waals surface area contributed by atoms with Gasteiger partial charge in [-0.25, -0.2) is 0 Å². The third kappa shape index (κ3) is 4.86. The maximum Gasteiger partial charge on any atom is 0.305 e. The Kier molecular flexibility index (Phi) is 6.43. The predicted octanol–water partition coefficient (Wildman–Crippen LogP) is 1.55. The Labute approximate surface area is 141 Å². The van der Waals surface area contributed by atoms with Crippen molar-refractivity contribution in [2.75, 3.05) is 26.9 Å². The molecule has 1 aliphatic heterocycles. The van der Waals surface area contributed by atoms with Crippen LogP contribution in [0.5, 0.6) is 11.5 Å². The van der Waals surface area contributed by atoms with Crippen LogP contribution in [0.2, 0.25) is 0 Å². The molecule has 1 amide bonds. The fraction of sp³-hybridized carbons (Fsp3) is 0.529. The maximum atomic E-state index is 12.4. The molecule has 0 bridgehead atoms. The van der Waals surface area contributed by atoms with E-state index in [1.165, 1.54) is 4.90 Å². The minimum absolute atomic E-state index is 0.0886. The lowest BCUT2D eigenvalue weighted by atomic mass is 10.1. The van der Waals surface area contributed by atoms with E-state index in [1.807, 2.05) is 6.92 Å². The van der Waals surface area contributed by atoms with E-state index < -0.39 is 5.97 Å². The van der Waals surface area contributed by atoms with E-state index >= 15 is 0 Å². The van der Waals surface area contributed by atoms with Gasteiger partial charge in [0.05, 0.1) is 19.1 Å². The summed E-state index contributed by atoms with van der Waals surface area (Å²) in [5, 5.41) is 8.99. The molecule has 2 rings (SSSR count). The number of amides is 1. The van der Waals surface area contributed by atoms with Crippen LogP contribution in [0, 0.1) is 0 Å². The summed E-state index contributed by atoms with van der Waals surface area (Å²) >= 11 is 0. The van der Waals surface area contributed by atoms with Crippen molar-refractivity contribution in [3.63, 3.8) is 0 Å². The molecule has 2 atom stereocenters. The molecular weight excluding hydrogens is 314 g/mol. The van der Waals surface area contributed by atoms with Crippen LogP contribution in [0.3, 0.4) is 0 Å². The first-order valence-electron chi connectivity index (χ1n) is 7.93. The Balaban J connectivity index is 1.91.